The first-order valence-electron chi connectivity index (χ1n) is 8.99. The summed E-state index contributed by atoms with van der Waals surface area (Å²) in [6.45, 7) is 7.38. The summed E-state index contributed by atoms with van der Waals surface area (Å²) in [6, 6.07) is 8.76. The van der Waals surface area contributed by atoms with E-state index in [-0.39, 0.29) is 11.9 Å². The molecular weight excluding hydrogens is 318 g/mol. The average Bonchev–Trinajstić information content (AvgIpc) is 3.12. The lowest BCUT2D eigenvalue weighted by Crippen LogP contribution is -2.51. The van der Waals surface area contributed by atoms with E-state index in [1.54, 1.807) is 6.92 Å². The fourth-order valence-electron chi connectivity index (χ4n) is 3.51. The highest BCUT2D eigenvalue weighted by molar-refractivity contribution is 5.93. The molecule has 0 radical (unpaired) electrons. The molecule has 0 aromatic heterocycles. The van der Waals surface area contributed by atoms with Crippen molar-refractivity contribution in [3.05, 3.63) is 30.3 Å². The van der Waals surface area contributed by atoms with E-state index in [9.17, 15) is 9.59 Å². The van der Waals surface area contributed by atoms with E-state index in [1.165, 1.54) is 0 Å². The first-order chi connectivity index (χ1) is 12.1. The molecule has 0 aliphatic carbocycles. The van der Waals surface area contributed by atoms with Gasteiger partial charge < -0.3 is 20.9 Å². The lowest BCUT2D eigenvalue weighted by Gasteiger charge is -2.32. The van der Waals surface area contributed by atoms with Crippen LogP contribution in [0.3, 0.4) is 0 Å². The molecule has 2 aliphatic rings. The SMILES string of the molecule is CC(NC(=O)Nc1ccccc1)C(=O)N1CCC(N2CCNCC2)C1. The number of carbonyl (C=O) groups is 2. The summed E-state index contributed by atoms with van der Waals surface area (Å²) < 4.78 is 0. The molecule has 2 atom stereocenters. The minimum atomic E-state index is -0.537. The van der Waals surface area contributed by atoms with Crippen molar-refractivity contribution in [1.29, 1.82) is 0 Å². The van der Waals surface area contributed by atoms with Gasteiger partial charge in [-0.3, -0.25) is 9.69 Å². The van der Waals surface area contributed by atoms with Crippen LogP contribution in [-0.2, 0) is 4.79 Å². The lowest BCUT2D eigenvalue weighted by molar-refractivity contribution is -0.131. The highest BCUT2D eigenvalue weighted by Gasteiger charge is 2.33. The zero-order valence-corrected chi connectivity index (χ0v) is 14.7. The molecule has 7 heteroatoms. The topological polar surface area (TPSA) is 76.7 Å². The van der Waals surface area contributed by atoms with Crippen LogP contribution in [-0.4, -0.2) is 73.1 Å². The molecule has 0 spiro atoms. The Hall–Kier alpha value is -2.12. The summed E-state index contributed by atoms with van der Waals surface area (Å²) in [6.07, 6.45) is 1.01. The quantitative estimate of drug-likeness (QED) is 0.751. The van der Waals surface area contributed by atoms with Crippen molar-refractivity contribution >= 4 is 17.6 Å². The van der Waals surface area contributed by atoms with Crippen LogP contribution in [0.4, 0.5) is 10.5 Å². The molecule has 2 fully saturated rings. The maximum atomic E-state index is 12.6. The third-order valence-corrected chi connectivity index (χ3v) is 4.89. The number of nitrogens with zero attached hydrogens (tertiary/aromatic N) is 2. The molecule has 2 unspecified atom stereocenters. The Balaban J connectivity index is 1.46. The minimum Gasteiger partial charge on any atom is -0.339 e. The Morgan fingerprint density at radius 2 is 1.88 bits per heavy atom. The summed E-state index contributed by atoms with van der Waals surface area (Å²) in [5.74, 6) is -0.0131. The third kappa shape index (κ3) is 4.70. The van der Waals surface area contributed by atoms with Crippen LogP contribution in [0, 0.1) is 0 Å². The van der Waals surface area contributed by atoms with Crippen molar-refractivity contribution in [2.75, 3.05) is 44.6 Å². The smallest absolute Gasteiger partial charge is 0.319 e. The molecule has 2 heterocycles. The number of benzene rings is 1. The summed E-state index contributed by atoms with van der Waals surface area (Å²) >= 11 is 0. The summed E-state index contributed by atoms with van der Waals surface area (Å²) in [4.78, 5) is 29.0. The Labute approximate surface area is 148 Å². The molecule has 25 heavy (non-hydrogen) atoms. The van der Waals surface area contributed by atoms with Crippen molar-refractivity contribution in [3.63, 3.8) is 0 Å². The Morgan fingerprint density at radius 1 is 1.16 bits per heavy atom. The zero-order valence-electron chi connectivity index (χ0n) is 14.7. The van der Waals surface area contributed by atoms with E-state index in [0.717, 1.165) is 45.7 Å². The van der Waals surface area contributed by atoms with Crippen LogP contribution in [0.1, 0.15) is 13.3 Å². The second-order valence-electron chi connectivity index (χ2n) is 6.70. The number of anilines is 1. The highest BCUT2D eigenvalue weighted by atomic mass is 16.2. The number of para-hydroxylation sites is 1. The number of hydrogen-bond acceptors (Lipinski definition) is 4. The summed E-state index contributed by atoms with van der Waals surface area (Å²) in [5, 5.41) is 8.83. The standard InChI is InChI=1S/C18H27N5O2/c1-14(20-18(25)21-15-5-3-2-4-6-15)17(24)23-10-7-16(13-23)22-11-8-19-9-12-22/h2-6,14,16,19H,7-13H2,1H3,(H2,20,21,25). The normalized spacial score (nSPS) is 22.4. The number of likely N-dealkylation sites (tertiary alicyclic amines) is 1. The molecule has 0 saturated carbocycles. The van der Waals surface area contributed by atoms with E-state index in [2.05, 4.69) is 20.9 Å². The Morgan fingerprint density at radius 3 is 2.60 bits per heavy atom. The van der Waals surface area contributed by atoms with Crippen molar-refractivity contribution < 1.29 is 9.59 Å². The maximum Gasteiger partial charge on any atom is 0.319 e. The van der Waals surface area contributed by atoms with Crippen molar-refractivity contribution in [3.8, 4) is 0 Å². The molecular formula is C18H27N5O2. The average molecular weight is 345 g/mol. The zero-order chi connectivity index (χ0) is 17.6. The van der Waals surface area contributed by atoms with Gasteiger partial charge in [0.1, 0.15) is 6.04 Å². The Kier molecular flexibility index (Phi) is 5.88. The van der Waals surface area contributed by atoms with E-state index < -0.39 is 6.04 Å². The fraction of sp³-hybridized carbons (Fsp3) is 0.556. The number of amides is 3. The number of nitrogens with one attached hydrogen (secondary N) is 3. The van der Waals surface area contributed by atoms with Gasteiger partial charge in [-0.15, -0.1) is 0 Å². The van der Waals surface area contributed by atoms with Crippen LogP contribution in [0.15, 0.2) is 30.3 Å². The molecule has 2 saturated heterocycles. The molecule has 3 N–H and O–H groups in total. The number of hydrogen-bond donors (Lipinski definition) is 3. The molecule has 0 bridgehead atoms. The number of rotatable bonds is 4. The van der Waals surface area contributed by atoms with Crippen molar-refractivity contribution in [1.82, 2.24) is 20.4 Å². The first-order valence-corrected chi connectivity index (χ1v) is 8.99. The highest BCUT2D eigenvalue weighted by Crippen LogP contribution is 2.17. The first kappa shape index (κ1) is 17.7. The molecule has 7 nitrogen and oxygen atoms in total. The van der Waals surface area contributed by atoms with Gasteiger partial charge in [-0.25, -0.2) is 4.79 Å². The van der Waals surface area contributed by atoms with E-state index in [1.807, 2.05) is 35.2 Å². The van der Waals surface area contributed by atoms with E-state index >= 15 is 0 Å². The van der Waals surface area contributed by atoms with Crippen molar-refractivity contribution in [2.45, 2.75) is 25.4 Å². The van der Waals surface area contributed by atoms with E-state index in [0.29, 0.717) is 11.7 Å². The molecule has 1 aromatic rings. The predicted octanol–water partition coefficient (Wildman–Crippen LogP) is 0.703. The third-order valence-electron chi connectivity index (χ3n) is 4.89. The Bertz CT molecular complexity index is 588. The molecule has 2 aliphatic heterocycles. The maximum absolute atomic E-state index is 12.6. The molecule has 136 valence electrons. The molecule has 1 aromatic carbocycles. The van der Waals surface area contributed by atoms with E-state index in [4.69, 9.17) is 0 Å². The molecule has 3 amide bonds. The van der Waals surface area contributed by atoms with Crippen molar-refractivity contribution in [2.24, 2.45) is 0 Å². The van der Waals surface area contributed by atoms with Gasteiger partial charge in [0.2, 0.25) is 5.91 Å². The fourth-order valence-corrected chi connectivity index (χ4v) is 3.51. The number of carbonyl (C=O) groups excluding carboxylic acids is 2. The lowest BCUT2D eigenvalue weighted by atomic mass is 10.2. The van der Waals surface area contributed by atoms with Gasteiger partial charge in [0.05, 0.1) is 0 Å². The van der Waals surface area contributed by atoms with Gasteiger partial charge in [-0.05, 0) is 25.5 Å². The van der Waals surface area contributed by atoms with Gasteiger partial charge in [0.15, 0.2) is 0 Å². The summed E-state index contributed by atoms with van der Waals surface area (Å²) in [7, 11) is 0. The van der Waals surface area contributed by atoms with Crippen LogP contribution in [0.2, 0.25) is 0 Å². The number of piperazine rings is 1. The predicted molar refractivity (Wildman–Crippen MR) is 97.5 cm³/mol. The molecule has 3 rings (SSSR count). The largest absolute Gasteiger partial charge is 0.339 e. The summed E-state index contributed by atoms with van der Waals surface area (Å²) in [5.41, 5.74) is 0.708. The van der Waals surface area contributed by atoms with Crippen LogP contribution < -0.4 is 16.0 Å². The second kappa shape index (κ2) is 8.31. The van der Waals surface area contributed by atoms with Gasteiger partial charge in [-0.1, -0.05) is 18.2 Å². The van der Waals surface area contributed by atoms with Gasteiger partial charge in [0, 0.05) is 51.0 Å². The van der Waals surface area contributed by atoms with Crippen LogP contribution in [0.5, 0.6) is 0 Å². The van der Waals surface area contributed by atoms with Gasteiger partial charge in [0.25, 0.3) is 0 Å². The van der Waals surface area contributed by atoms with Gasteiger partial charge in [-0.2, -0.15) is 0 Å². The number of urea groups is 1. The van der Waals surface area contributed by atoms with Gasteiger partial charge >= 0.3 is 6.03 Å². The van der Waals surface area contributed by atoms with Crippen LogP contribution >= 0.6 is 0 Å². The monoisotopic (exact) mass is 345 g/mol. The minimum absolute atomic E-state index is 0.0131. The van der Waals surface area contributed by atoms with Crippen LogP contribution in [0.25, 0.3) is 0 Å². The second-order valence-corrected chi connectivity index (χ2v) is 6.70.